The molecule has 2 aromatic rings. The number of anilines is 1. The van der Waals surface area contributed by atoms with E-state index >= 15 is 0 Å². The molecule has 0 saturated heterocycles. The van der Waals surface area contributed by atoms with Gasteiger partial charge in [0.2, 0.25) is 0 Å². The van der Waals surface area contributed by atoms with E-state index in [4.69, 9.17) is 0 Å². The smallest absolute Gasteiger partial charge is 0.326 e. The number of nitrogens with one attached hydrogen (secondary N) is 2. The van der Waals surface area contributed by atoms with Crippen LogP contribution in [-0.4, -0.2) is 27.3 Å². The Balaban J connectivity index is 2.40. The Morgan fingerprint density at radius 3 is 2.60 bits per heavy atom. The molecule has 6 nitrogen and oxygen atoms in total. The van der Waals surface area contributed by atoms with Gasteiger partial charge in [0.05, 0.1) is 5.39 Å². The van der Waals surface area contributed by atoms with Crippen molar-refractivity contribution < 1.29 is 9.90 Å². The van der Waals surface area contributed by atoms with Gasteiger partial charge < -0.3 is 10.4 Å². The fraction of sp³-hybridized carbons (Fsp3) is 0.357. The third-order valence-electron chi connectivity index (χ3n) is 3.01. The molecule has 2 rings (SSSR count). The lowest BCUT2D eigenvalue weighted by Crippen LogP contribution is -2.31. The van der Waals surface area contributed by atoms with Crippen molar-refractivity contribution in [1.29, 1.82) is 0 Å². The van der Waals surface area contributed by atoms with Crippen LogP contribution in [0.1, 0.15) is 20.3 Å². The maximum absolute atomic E-state index is 11.7. The lowest BCUT2D eigenvalue weighted by Gasteiger charge is -2.17. The second-order valence-electron chi connectivity index (χ2n) is 5.11. The van der Waals surface area contributed by atoms with Crippen molar-refractivity contribution in [3.05, 3.63) is 34.6 Å². The molecule has 0 aliphatic heterocycles. The minimum atomic E-state index is -0.934. The zero-order valence-corrected chi connectivity index (χ0v) is 11.4. The average molecular weight is 275 g/mol. The molecular formula is C14H17N3O3. The first kappa shape index (κ1) is 14.0. The van der Waals surface area contributed by atoms with Gasteiger partial charge in [-0.05, 0) is 18.4 Å². The fourth-order valence-electron chi connectivity index (χ4n) is 2.08. The first-order chi connectivity index (χ1) is 9.49. The minimum Gasteiger partial charge on any atom is -0.480 e. The second-order valence-corrected chi connectivity index (χ2v) is 5.11. The molecule has 1 aromatic heterocycles. The summed E-state index contributed by atoms with van der Waals surface area (Å²) in [5.41, 5.74) is -0.290. The first-order valence-electron chi connectivity index (χ1n) is 6.45. The number of rotatable bonds is 5. The maximum Gasteiger partial charge on any atom is 0.326 e. The summed E-state index contributed by atoms with van der Waals surface area (Å²) in [5.74, 6) is -0.318. The van der Waals surface area contributed by atoms with Crippen LogP contribution >= 0.6 is 0 Å². The Kier molecular flexibility index (Phi) is 4.02. The van der Waals surface area contributed by atoms with E-state index in [2.05, 4.69) is 15.5 Å². The molecule has 0 spiro atoms. The molecule has 0 amide bonds. The predicted molar refractivity (Wildman–Crippen MR) is 76.9 cm³/mol. The number of hydrogen-bond acceptors (Lipinski definition) is 4. The number of aromatic nitrogens is 2. The Labute approximate surface area is 115 Å². The van der Waals surface area contributed by atoms with E-state index in [0.717, 1.165) is 0 Å². The Morgan fingerprint density at radius 2 is 2.00 bits per heavy atom. The van der Waals surface area contributed by atoms with Crippen LogP contribution in [0, 0.1) is 5.92 Å². The van der Waals surface area contributed by atoms with Crippen LogP contribution in [0.4, 0.5) is 5.82 Å². The van der Waals surface area contributed by atoms with Crippen LogP contribution in [-0.2, 0) is 4.79 Å². The summed E-state index contributed by atoms with van der Waals surface area (Å²) < 4.78 is 0. The molecule has 0 radical (unpaired) electrons. The van der Waals surface area contributed by atoms with Crippen LogP contribution in [0.15, 0.2) is 29.1 Å². The summed E-state index contributed by atoms with van der Waals surface area (Å²) in [7, 11) is 0. The Morgan fingerprint density at radius 1 is 1.35 bits per heavy atom. The van der Waals surface area contributed by atoms with Crippen LogP contribution in [0.5, 0.6) is 0 Å². The van der Waals surface area contributed by atoms with Crippen molar-refractivity contribution in [2.45, 2.75) is 26.3 Å². The van der Waals surface area contributed by atoms with Crippen LogP contribution in [0.3, 0.4) is 0 Å². The summed E-state index contributed by atoms with van der Waals surface area (Å²) in [6, 6.07) is 6.22. The monoisotopic (exact) mass is 275 g/mol. The van der Waals surface area contributed by atoms with Gasteiger partial charge >= 0.3 is 5.97 Å². The molecule has 3 N–H and O–H groups in total. The highest BCUT2D eigenvalue weighted by Crippen LogP contribution is 2.19. The number of aliphatic carboxylic acids is 1. The number of carboxylic acid groups (broad SMARTS) is 1. The molecule has 0 saturated carbocycles. The van der Waals surface area contributed by atoms with Crippen molar-refractivity contribution in [2.75, 3.05) is 5.32 Å². The Hall–Kier alpha value is -2.37. The molecule has 1 unspecified atom stereocenters. The largest absolute Gasteiger partial charge is 0.480 e. The molecule has 0 aliphatic rings. The molecule has 0 aliphatic carbocycles. The number of aromatic amines is 1. The van der Waals surface area contributed by atoms with Gasteiger partial charge in [-0.15, -0.1) is 0 Å². The van der Waals surface area contributed by atoms with Crippen molar-refractivity contribution in [3.63, 3.8) is 0 Å². The molecule has 1 atom stereocenters. The third kappa shape index (κ3) is 2.96. The number of carbonyl (C=O) groups is 1. The van der Waals surface area contributed by atoms with Crippen molar-refractivity contribution >= 4 is 22.6 Å². The topological polar surface area (TPSA) is 95.1 Å². The number of benzene rings is 1. The molecule has 1 aromatic carbocycles. The summed E-state index contributed by atoms with van der Waals surface area (Å²) in [5, 5.41) is 19.6. The highest BCUT2D eigenvalue weighted by molar-refractivity contribution is 5.92. The lowest BCUT2D eigenvalue weighted by molar-refractivity contribution is -0.138. The van der Waals surface area contributed by atoms with E-state index in [1.807, 2.05) is 13.8 Å². The van der Waals surface area contributed by atoms with Gasteiger partial charge in [-0.2, -0.15) is 5.10 Å². The number of fused-ring (bicyclic) bond motifs is 1. The summed E-state index contributed by atoms with van der Waals surface area (Å²) >= 11 is 0. The van der Waals surface area contributed by atoms with E-state index in [1.54, 1.807) is 24.3 Å². The van der Waals surface area contributed by atoms with Gasteiger partial charge in [0.15, 0.2) is 5.82 Å². The van der Waals surface area contributed by atoms with E-state index in [9.17, 15) is 14.7 Å². The standard InChI is InChI=1S/C14H17N3O3/c1-8(2)7-11(14(19)20)15-12-9-5-3-4-6-10(9)13(18)17-16-12/h3-6,8,11H,7H2,1-2H3,(H,15,16)(H,17,18)(H,19,20). The molecule has 106 valence electrons. The molecule has 1 heterocycles. The highest BCUT2D eigenvalue weighted by Gasteiger charge is 2.20. The average Bonchev–Trinajstić information content (AvgIpc) is 2.40. The summed E-state index contributed by atoms with van der Waals surface area (Å²) in [4.78, 5) is 22.9. The molecule has 6 heteroatoms. The molecule has 0 bridgehead atoms. The van der Waals surface area contributed by atoms with Crippen LogP contribution in [0.25, 0.3) is 10.8 Å². The van der Waals surface area contributed by atoms with Crippen molar-refractivity contribution in [2.24, 2.45) is 5.92 Å². The number of nitrogens with zero attached hydrogens (tertiary/aromatic N) is 1. The maximum atomic E-state index is 11.7. The molecule has 0 fully saturated rings. The zero-order valence-electron chi connectivity index (χ0n) is 11.4. The third-order valence-corrected chi connectivity index (χ3v) is 3.01. The van der Waals surface area contributed by atoms with E-state index in [-0.39, 0.29) is 11.5 Å². The van der Waals surface area contributed by atoms with E-state index in [0.29, 0.717) is 23.0 Å². The second kappa shape index (κ2) is 5.73. The highest BCUT2D eigenvalue weighted by atomic mass is 16.4. The summed E-state index contributed by atoms with van der Waals surface area (Å²) in [6.45, 7) is 3.91. The number of carboxylic acids is 1. The number of H-pyrrole nitrogens is 1. The van der Waals surface area contributed by atoms with Gasteiger partial charge in [0, 0.05) is 5.39 Å². The van der Waals surface area contributed by atoms with Gasteiger partial charge in [-0.1, -0.05) is 32.0 Å². The van der Waals surface area contributed by atoms with E-state index in [1.165, 1.54) is 0 Å². The van der Waals surface area contributed by atoms with Gasteiger partial charge in [-0.25, -0.2) is 9.89 Å². The molecule has 20 heavy (non-hydrogen) atoms. The predicted octanol–water partition coefficient (Wildman–Crippen LogP) is 1.83. The van der Waals surface area contributed by atoms with Crippen LogP contribution < -0.4 is 10.9 Å². The SMILES string of the molecule is CC(C)CC(Nc1n[nH]c(=O)c2ccccc12)C(=O)O. The van der Waals surface area contributed by atoms with Gasteiger partial charge in [-0.3, -0.25) is 4.79 Å². The summed E-state index contributed by atoms with van der Waals surface area (Å²) in [6.07, 6.45) is 0.477. The number of hydrogen-bond donors (Lipinski definition) is 3. The fourth-order valence-corrected chi connectivity index (χ4v) is 2.08. The minimum absolute atomic E-state index is 0.234. The quantitative estimate of drug-likeness (QED) is 0.773. The van der Waals surface area contributed by atoms with Gasteiger partial charge in [0.1, 0.15) is 6.04 Å². The van der Waals surface area contributed by atoms with Gasteiger partial charge in [0.25, 0.3) is 5.56 Å². The van der Waals surface area contributed by atoms with Crippen LogP contribution in [0.2, 0.25) is 0 Å². The lowest BCUT2D eigenvalue weighted by atomic mass is 10.0. The normalized spacial score (nSPS) is 12.6. The van der Waals surface area contributed by atoms with Crippen molar-refractivity contribution in [3.8, 4) is 0 Å². The first-order valence-corrected chi connectivity index (χ1v) is 6.45. The zero-order chi connectivity index (χ0) is 14.7. The van der Waals surface area contributed by atoms with Crippen molar-refractivity contribution in [1.82, 2.24) is 10.2 Å². The van der Waals surface area contributed by atoms with E-state index < -0.39 is 12.0 Å². The molecular weight excluding hydrogens is 258 g/mol. The Bertz CT molecular complexity index is 679.